The molecule has 5 heteroatoms. The molecular weight excluding hydrogens is 378 g/mol. The topological polar surface area (TPSA) is 55.8 Å². The molecule has 2 aliphatic rings. The van der Waals surface area contributed by atoms with Gasteiger partial charge in [0, 0.05) is 25.7 Å². The van der Waals surface area contributed by atoms with E-state index in [4.69, 9.17) is 9.47 Å². The zero-order valence-corrected chi connectivity index (χ0v) is 17.9. The molecule has 0 aliphatic carbocycles. The predicted octanol–water partition coefficient (Wildman–Crippen LogP) is 4.30. The van der Waals surface area contributed by atoms with Crippen molar-refractivity contribution in [1.82, 2.24) is 4.90 Å². The van der Waals surface area contributed by atoms with Crippen LogP contribution in [0.5, 0.6) is 0 Å². The summed E-state index contributed by atoms with van der Waals surface area (Å²) in [5, 5.41) is 0. The second-order valence-corrected chi connectivity index (χ2v) is 8.82. The number of nitrogens with zero attached hydrogens (tertiary/aromatic N) is 1. The number of rotatable bonds is 3. The minimum atomic E-state index is -0.563. The van der Waals surface area contributed by atoms with Crippen molar-refractivity contribution < 1.29 is 19.1 Å². The molecule has 0 radical (unpaired) electrons. The fourth-order valence-electron chi connectivity index (χ4n) is 5.37. The highest BCUT2D eigenvalue weighted by Gasteiger charge is 2.60. The van der Waals surface area contributed by atoms with E-state index in [1.807, 2.05) is 79.4 Å². The first-order valence-corrected chi connectivity index (χ1v) is 10.5. The summed E-state index contributed by atoms with van der Waals surface area (Å²) < 4.78 is 12.3. The highest BCUT2D eigenvalue weighted by Crippen LogP contribution is 2.56. The molecule has 4 rings (SSSR count). The molecule has 5 nitrogen and oxygen atoms in total. The van der Waals surface area contributed by atoms with Gasteiger partial charge in [-0.05, 0) is 25.0 Å². The molecule has 0 N–H and O–H groups in total. The molecular formula is C25H29NO4. The zero-order chi connectivity index (χ0) is 21.5. The number of carbonyl (C=O) groups excluding carboxylic acids is 2. The van der Waals surface area contributed by atoms with Crippen LogP contribution in [0.25, 0.3) is 0 Å². The van der Waals surface area contributed by atoms with Crippen LogP contribution in [0.4, 0.5) is 0 Å². The number of hydrogen-bond donors (Lipinski definition) is 0. The lowest BCUT2D eigenvalue weighted by atomic mass is 9.64. The van der Waals surface area contributed by atoms with Gasteiger partial charge in [-0.25, -0.2) is 0 Å². The Bertz CT molecular complexity index is 911. The normalized spacial score (nSPS) is 29.9. The van der Waals surface area contributed by atoms with Crippen molar-refractivity contribution in [3.8, 4) is 0 Å². The molecule has 158 valence electrons. The number of amides is 1. The number of esters is 1. The van der Waals surface area contributed by atoms with Gasteiger partial charge in [0.15, 0.2) is 0 Å². The van der Waals surface area contributed by atoms with Crippen molar-refractivity contribution in [2.24, 2.45) is 11.8 Å². The Labute approximate surface area is 178 Å². The van der Waals surface area contributed by atoms with E-state index >= 15 is 0 Å². The maximum absolute atomic E-state index is 13.1. The van der Waals surface area contributed by atoms with Crippen LogP contribution >= 0.6 is 0 Å². The number of ether oxygens (including phenoxy) is 2. The summed E-state index contributed by atoms with van der Waals surface area (Å²) in [6.45, 7) is 7.56. The number of carbonyl (C=O) groups is 2. The van der Waals surface area contributed by atoms with E-state index < -0.39 is 5.60 Å². The average Bonchev–Trinajstić information content (AvgIpc) is 2.71. The van der Waals surface area contributed by atoms with Crippen molar-refractivity contribution in [1.29, 1.82) is 0 Å². The van der Waals surface area contributed by atoms with E-state index in [0.717, 1.165) is 11.1 Å². The van der Waals surface area contributed by atoms with E-state index in [1.54, 1.807) is 6.92 Å². The largest absolute Gasteiger partial charge is 0.462 e. The van der Waals surface area contributed by atoms with Gasteiger partial charge in [0.2, 0.25) is 5.91 Å². The third-order valence-corrected chi connectivity index (χ3v) is 6.52. The van der Waals surface area contributed by atoms with Crippen molar-refractivity contribution in [2.75, 3.05) is 6.61 Å². The summed E-state index contributed by atoms with van der Waals surface area (Å²) in [5.74, 6) is -0.626. The van der Waals surface area contributed by atoms with Crippen LogP contribution in [-0.2, 0) is 19.1 Å². The van der Waals surface area contributed by atoms with E-state index in [-0.39, 0.29) is 41.9 Å². The van der Waals surface area contributed by atoms with Crippen LogP contribution < -0.4 is 0 Å². The monoisotopic (exact) mass is 407 g/mol. The Morgan fingerprint density at radius 3 is 1.97 bits per heavy atom. The third-order valence-electron chi connectivity index (χ3n) is 6.52. The van der Waals surface area contributed by atoms with E-state index in [1.165, 1.54) is 6.92 Å². The van der Waals surface area contributed by atoms with Crippen molar-refractivity contribution in [3.05, 3.63) is 71.8 Å². The number of benzene rings is 2. The fraction of sp³-hybridized carbons (Fsp3) is 0.440. The first-order chi connectivity index (χ1) is 14.3. The average molecular weight is 408 g/mol. The first-order valence-electron chi connectivity index (χ1n) is 10.5. The van der Waals surface area contributed by atoms with Gasteiger partial charge in [-0.3, -0.25) is 9.59 Å². The van der Waals surface area contributed by atoms with Crippen molar-refractivity contribution in [3.63, 3.8) is 0 Å². The van der Waals surface area contributed by atoms with Crippen LogP contribution in [0.3, 0.4) is 0 Å². The number of fused-ring (bicyclic) bond motifs is 2. The summed E-state index contributed by atoms with van der Waals surface area (Å²) >= 11 is 0. The Morgan fingerprint density at radius 2 is 1.47 bits per heavy atom. The van der Waals surface area contributed by atoms with E-state index in [2.05, 4.69) is 0 Å². The molecule has 5 unspecified atom stereocenters. The van der Waals surface area contributed by atoms with E-state index in [9.17, 15) is 9.59 Å². The molecule has 0 aromatic heterocycles. The molecule has 2 fully saturated rings. The maximum atomic E-state index is 13.1. The molecule has 2 saturated heterocycles. The first kappa shape index (κ1) is 20.6. The Balaban J connectivity index is 1.94. The van der Waals surface area contributed by atoms with Crippen LogP contribution in [-0.4, -0.2) is 35.1 Å². The summed E-state index contributed by atoms with van der Waals surface area (Å²) in [5.41, 5.74) is 1.48. The van der Waals surface area contributed by atoms with Crippen LogP contribution in [0.15, 0.2) is 60.7 Å². The van der Waals surface area contributed by atoms with Gasteiger partial charge >= 0.3 is 5.97 Å². The second kappa shape index (κ2) is 7.88. The summed E-state index contributed by atoms with van der Waals surface area (Å²) in [6.07, 6.45) is -0.350. The molecule has 2 aromatic carbocycles. The van der Waals surface area contributed by atoms with Crippen LogP contribution in [0.2, 0.25) is 0 Å². The standard InChI is InChI=1S/C25H29NO4/c1-16(27)26-22(18-11-7-5-8-12-18)20-15-29-25(3,4)21(24(20)30-17(2)28)23(26)19-13-9-6-10-14-19/h5-14,20-24H,15H2,1-4H3. The van der Waals surface area contributed by atoms with Crippen LogP contribution in [0, 0.1) is 11.8 Å². The summed E-state index contributed by atoms with van der Waals surface area (Å²) in [7, 11) is 0. The molecule has 2 bridgehead atoms. The zero-order valence-electron chi connectivity index (χ0n) is 17.9. The Kier molecular flexibility index (Phi) is 5.41. The second-order valence-electron chi connectivity index (χ2n) is 8.82. The highest BCUT2D eigenvalue weighted by atomic mass is 16.6. The fourth-order valence-corrected chi connectivity index (χ4v) is 5.37. The maximum Gasteiger partial charge on any atom is 0.302 e. The number of hydrogen-bond acceptors (Lipinski definition) is 4. The molecule has 30 heavy (non-hydrogen) atoms. The molecule has 2 aliphatic heterocycles. The smallest absolute Gasteiger partial charge is 0.302 e. The number of piperidine rings is 1. The Morgan fingerprint density at radius 1 is 0.933 bits per heavy atom. The van der Waals surface area contributed by atoms with Gasteiger partial charge in [-0.15, -0.1) is 0 Å². The predicted molar refractivity (Wildman–Crippen MR) is 113 cm³/mol. The lowest BCUT2D eigenvalue weighted by molar-refractivity contribution is -0.246. The minimum absolute atomic E-state index is 0.00619. The van der Waals surface area contributed by atoms with Gasteiger partial charge in [0.1, 0.15) is 6.10 Å². The van der Waals surface area contributed by atoms with Gasteiger partial charge in [0.25, 0.3) is 0 Å². The number of likely N-dealkylation sites (tertiary alicyclic amines) is 1. The van der Waals surface area contributed by atoms with Gasteiger partial charge in [-0.2, -0.15) is 0 Å². The summed E-state index contributed by atoms with van der Waals surface area (Å²) in [6, 6.07) is 19.5. The third kappa shape index (κ3) is 3.52. The summed E-state index contributed by atoms with van der Waals surface area (Å²) in [4.78, 5) is 27.2. The Hall–Kier alpha value is -2.66. The van der Waals surface area contributed by atoms with Crippen molar-refractivity contribution >= 4 is 11.9 Å². The van der Waals surface area contributed by atoms with Gasteiger partial charge < -0.3 is 14.4 Å². The lowest BCUT2D eigenvalue weighted by Gasteiger charge is -2.60. The quantitative estimate of drug-likeness (QED) is 0.712. The van der Waals surface area contributed by atoms with Crippen molar-refractivity contribution in [2.45, 2.75) is 51.5 Å². The molecule has 2 aromatic rings. The highest BCUT2D eigenvalue weighted by molar-refractivity contribution is 5.75. The molecule has 1 amide bonds. The molecule has 5 atom stereocenters. The van der Waals surface area contributed by atoms with Gasteiger partial charge in [-0.1, -0.05) is 60.7 Å². The van der Waals surface area contributed by atoms with Gasteiger partial charge in [0.05, 0.1) is 24.3 Å². The molecule has 0 spiro atoms. The molecule has 0 saturated carbocycles. The van der Waals surface area contributed by atoms with E-state index in [0.29, 0.717) is 6.61 Å². The lowest BCUT2D eigenvalue weighted by Crippen LogP contribution is -2.65. The SMILES string of the molecule is CC(=O)OC1C2COC(C)(C)C1C(c1ccccc1)N(C(C)=O)C2c1ccccc1. The molecule has 2 heterocycles. The minimum Gasteiger partial charge on any atom is -0.462 e. The van der Waals surface area contributed by atoms with Crippen LogP contribution in [0.1, 0.15) is 50.9 Å².